The third kappa shape index (κ3) is 2.35. The summed E-state index contributed by atoms with van der Waals surface area (Å²) < 4.78 is 5.66. The van der Waals surface area contributed by atoms with Gasteiger partial charge in [0, 0.05) is 0 Å². The van der Waals surface area contributed by atoms with Gasteiger partial charge < -0.3 is 14.9 Å². The van der Waals surface area contributed by atoms with Crippen molar-refractivity contribution in [1.29, 1.82) is 0 Å². The van der Waals surface area contributed by atoms with E-state index in [0.29, 0.717) is 5.75 Å². The SMILES string of the molecule is Oc1cccc(OC2CCCCC2)c1O. The molecule has 82 valence electrons. The van der Waals surface area contributed by atoms with E-state index in [1.54, 1.807) is 12.1 Å². The average molecular weight is 208 g/mol. The minimum atomic E-state index is -0.150. The first-order valence-corrected chi connectivity index (χ1v) is 5.45. The van der Waals surface area contributed by atoms with E-state index >= 15 is 0 Å². The minimum Gasteiger partial charge on any atom is -0.504 e. The molecule has 0 saturated heterocycles. The van der Waals surface area contributed by atoms with Crippen molar-refractivity contribution in [2.75, 3.05) is 0 Å². The second-order valence-electron chi connectivity index (χ2n) is 4.00. The van der Waals surface area contributed by atoms with Gasteiger partial charge in [-0.05, 0) is 37.8 Å². The van der Waals surface area contributed by atoms with E-state index < -0.39 is 0 Å². The molecule has 1 aromatic carbocycles. The Hall–Kier alpha value is -1.38. The predicted octanol–water partition coefficient (Wildman–Crippen LogP) is 2.81. The van der Waals surface area contributed by atoms with Gasteiger partial charge in [-0.15, -0.1) is 0 Å². The lowest BCUT2D eigenvalue weighted by atomic mass is 9.98. The highest BCUT2D eigenvalue weighted by Gasteiger charge is 2.17. The zero-order valence-electron chi connectivity index (χ0n) is 8.65. The molecule has 0 heterocycles. The van der Waals surface area contributed by atoms with Crippen LogP contribution in [-0.4, -0.2) is 16.3 Å². The highest BCUT2D eigenvalue weighted by Crippen LogP contribution is 2.36. The number of phenolic OH excluding ortho intramolecular Hbond substituents is 2. The Morgan fingerprint density at radius 1 is 1.07 bits per heavy atom. The summed E-state index contributed by atoms with van der Waals surface area (Å²) in [6, 6.07) is 4.81. The fourth-order valence-electron chi connectivity index (χ4n) is 1.97. The summed E-state index contributed by atoms with van der Waals surface area (Å²) in [5, 5.41) is 18.9. The summed E-state index contributed by atoms with van der Waals surface area (Å²) in [6.07, 6.45) is 5.90. The maximum atomic E-state index is 9.55. The zero-order valence-corrected chi connectivity index (χ0v) is 8.65. The van der Waals surface area contributed by atoms with Crippen LogP contribution in [-0.2, 0) is 0 Å². The largest absolute Gasteiger partial charge is 0.504 e. The molecule has 1 fully saturated rings. The van der Waals surface area contributed by atoms with Crippen LogP contribution in [0.2, 0.25) is 0 Å². The quantitative estimate of drug-likeness (QED) is 0.735. The number of para-hydroxylation sites is 1. The second kappa shape index (κ2) is 4.43. The summed E-state index contributed by atoms with van der Waals surface area (Å²) in [5.41, 5.74) is 0. The van der Waals surface area contributed by atoms with Crippen LogP contribution in [0.1, 0.15) is 32.1 Å². The van der Waals surface area contributed by atoms with E-state index in [1.165, 1.54) is 25.3 Å². The Balaban J connectivity index is 2.06. The van der Waals surface area contributed by atoms with Crippen molar-refractivity contribution in [2.45, 2.75) is 38.2 Å². The highest BCUT2D eigenvalue weighted by molar-refractivity contribution is 5.48. The Morgan fingerprint density at radius 3 is 2.53 bits per heavy atom. The van der Waals surface area contributed by atoms with Crippen LogP contribution in [0.15, 0.2) is 18.2 Å². The van der Waals surface area contributed by atoms with Gasteiger partial charge in [-0.3, -0.25) is 0 Å². The summed E-state index contributed by atoms with van der Waals surface area (Å²) in [5.74, 6) is 0.119. The van der Waals surface area contributed by atoms with E-state index in [-0.39, 0.29) is 17.6 Å². The highest BCUT2D eigenvalue weighted by atomic mass is 16.5. The van der Waals surface area contributed by atoms with Gasteiger partial charge >= 0.3 is 0 Å². The first-order chi connectivity index (χ1) is 7.27. The van der Waals surface area contributed by atoms with E-state index in [1.807, 2.05) is 0 Å². The van der Waals surface area contributed by atoms with Gasteiger partial charge in [0.1, 0.15) is 0 Å². The molecule has 0 aromatic heterocycles. The lowest BCUT2D eigenvalue weighted by Gasteiger charge is -2.23. The molecule has 3 nitrogen and oxygen atoms in total. The number of hydrogen-bond acceptors (Lipinski definition) is 3. The topological polar surface area (TPSA) is 49.7 Å². The first-order valence-electron chi connectivity index (χ1n) is 5.45. The van der Waals surface area contributed by atoms with Crippen LogP contribution in [0.5, 0.6) is 17.2 Å². The maximum Gasteiger partial charge on any atom is 0.200 e. The van der Waals surface area contributed by atoms with Crippen LogP contribution < -0.4 is 4.74 Å². The number of rotatable bonds is 2. The van der Waals surface area contributed by atoms with Crippen LogP contribution in [0.3, 0.4) is 0 Å². The van der Waals surface area contributed by atoms with Gasteiger partial charge in [0.15, 0.2) is 11.5 Å². The third-order valence-corrected chi connectivity index (χ3v) is 2.82. The molecule has 0 unspecified atom stereocenters. The molecule has 0 radical (unpaired) electrons. The maximum absolute atomic E-state index is 9.55. The molecule has 1 aromatic rings. The average Bonchev–Trinajstić information content (AvgIpc) is 2.26. The summed E-state index contributed by atoms with van der Waals surface area (Å²) >= 11 is 0. The minimum absolute atomic E-state index is 0.122. The standard InChI is InChI=1S/C12H16O3/c13-10-7-4-8-11(12(10)14)15-9-5-2-1-3-6-9/h4,7-9,13-14H,1-3,5-6H2. The molecule has 0 amide bonds. The lowest BCUT2D eigenvalue weighted by Crippen LogP contribution is -2.19. The summed E-state index contributed by atoms with van der Waals surface area (Å²) in [6.45, 7) is 0. The van der Waals surface area contributed by atoms with Crippen molar-refractivity contribution in [3.8, 4) is 17.2 Å². The number of ether oxygens (including phenoxy) is 1. The number of phenols is 2. The molecule has 0 atom stereocenters. The molecular weight excluding hydrogens is 192 g/mol. The first kappa shape index (κ1) is 10.1. The van der Waals surface area contributed by atoms with Crippen molar-refractivity contribution < 1.29 is 14.9 Å². The Bertz CT molecular complexity index is 330. The molecule has 1 aliphatic carbocycles. The van der Waals surface area contributed by atoms with Gasteiger partial charge in [0.25, 0.3) is 0 Å². The van der Waals surface area contributed by atoms with E-state index in [9.17, 15) is 10.2 Å². The van der Waals surface area contributed by atoms with Crippen LogP contribution >= 0.6 is 0 Å². The molecule has 1 aliphatic rings. The molecule has 2 rings (SSSR count). The van der Waals surface area contributed by atoms with Crippen LogP contribution in [0, 0.1) is 0 Å². The van der Waals surface area contributed by atoms with Gasteiger partial charge in [-0.1, -0.05) is 12.5 Å². The Labute approximate surface area is 89.3 Å². The van der Waals surface area contributed by atoms with Crippen molar-refractivity contribution in [1.82, 2.24) is 0 Å². The van der Waals surface area contributed by atoms with Gasteiger partial charge in [0.05, 0.1) is 6.10 Å². The number of aromatic hydroxyl groups is 2. The third-order valence-electron chi connectivity index (χ3n) is 2.82. The molecule has 0 bridgehead atoms. The molecule has 2 N–H and O–H groups in total. The van der Waals surface area contributed by atoms with Gasteiger partial charge in [0.2, 0.25) is 5.75 Å². The second-order valence-corrected chi connectivity index (χ2v) is 4.00. The van der Waals surface area contributed by atoms with E-state index in [2.05, 4.69) is 0 Å². The Morgan fingerprint density at radius 2 is 1.80 bits per heavy atom. The van der Waals surface area contributed by atoms with Crippen molar-refractivity contribution in [3.63, 3.8) is 0 Å². The van der Waals surface area contributed by atoms with Crippen molar-refractivity contribution >= 4 is 0 Å². The van der Waals surface area contributed by atoms with E-state index in [0.717, 1.165) is 12.8 Å². The molecule has 0 aliphatic heterocycles. The number of hydrogen-bond donors (Lipinski definition) is 2. The molecule has 1 saturated carbocycles. The van der Waals surface area contributed by atoms with Gasteiger partial charge in [-0.25, -0.2) is 0 Å². The fraction of sp³-hybridized carbons (Fsp3) is 0.500. The van der Waals surface area contributed by atoms with Crippen molar-refractivity contribution in [2.24, 2.45) is 0 Å². The fourth-order valence-corrected chi connectivity index (χ4v) is 1.97. The molecule has 15 heavy (non-hydrogen) atoms. The zero-order chi connectivity index (χ0) is 10.7. The monoisotopic (exact) mass is 208 g/mol. The van der Waals surface area contributed by atoms with E-state index in [4.69, 9.17) is 4.74 Å². The summed E-state index contributed by atoms with van der Waals surface area (Å²) in [4.78, 5) is 0. The Kier molecular flexibility index (Phi) is 2.99. The van der Waals surface area contributed by atoms with Crippen molar-refractivity contribution in [3.05, 3.63) is 18.2 Å². The van der Waals surface area contributed by atoms with Crippen LogP contribution in [0.4, 0.5) is 0 Å². The smallest absolute Gasteiger partial charge is 0.200 e. The normalized spacial score (nSPS) is 17.6. The predicted molar refractivity (Wildman–Crippen MR) is 57.3 cm³/mol. The van der Waals surface area contributed by atoms with Gasteiger partial charge in [-0.2, -0.15) is 0 Å². The molecule has 0 spiro atoms. The summed E-state index contributed by atoms with van der Waals surface area (Å²) in [7, 11) is 0. The number of benzene rings is 1. The molecule has 3 heteroatoms. The lowest BCUT2D eigenvalue weighted by molar-refractivity contribution is 0.149. The molecular formula is C12H16O3. The van der Waals surface area contributed by atoms with Crippen LogP contribution in [0.25, 0.3) is 0 Å².